The molecule has 0 aliphatic heterocycles. The number of rotatable bonds is 4. The molecule has 66 valence electrons. The first-order chi connectivity index (χ1) is 5.74. The summed E-state index contributed by atoms with van der Waals surface area (Å²) in [5.41, 5.74) is 1.03. The number of thiophene rings is 1. The highest BCUT2D eigenvalue weighted by atomic mass is 127. The summed E-state index contributed by atoms with van der Waals surface area (Å²) in [4.78, 5) is 0. The summed E-state index contributed by atoms with van der Waals surface area (Å²) in [6.45, 7) is 3.62. The van der Waals surface area contributed by atoms with Crippen LogP contribution in [-0.4, -0.2) is 5.11 Å². The standard InChI is InChI=1S/C9H11IOS/c1-2-3-4-8(11)7-5-9(10)12-6-7/h2,5-6,8,11H,1,3-4H2. The molecule has 0 bridgehead atoms. The van der Waals surface area contributed by atoms with E-state index in [0.29, 0.717) is 0 Å². The first-order valence-electron chi connectivity index (χ1n) is 3.77. The summed E-state index contributed by atoms with van der Waals surface area (Å²) in [6.07, 6.45) is 3.16. The summed E-state index contributed by atoms with van der Waals surface area (Å²) in [7, 11) is 0. The van der Waals surface area contributed by atoms with Crippen molar-refractivity contribution in [2.24, 2.45) is 0 Å². The van der Waals surface area contributed by atoms with Crippen LogP contribution in [0.25, 0.3) is 0 Å². The lowest BCUT2D eigenvalue weighted by molar-refractivity contribution is 0.169. The zero-order valence-electron chi connectivity index (χ0n) is 6.66. The third-order valence-corrected chi connectivity index (χ3v) is 3.42. The Morgan fingerprint density at radius 3 is 3.00 bits per heavy atom. The summed E-state index contributed by atoms with van der Waals surface area (Å²) in [6, 6.07) is 2.03. The lowest BCUT2D eigenvalue weighted by Gasteiger charge is -2.05. The van der Waals surface area contributed by atoms with Crippen molar-refractivity contribution in [2.75, 3.05) is 0 Å². The van der Waals surface area contributed by atoms with Crippen molar-refractivity contribution >= 4 is 33.9 Å². The van der Waals surface area contributed by atoms with Gasteiger partial charge in [-0.05, 0) is 52.4 Å². The zero-order valence-corrected chi connectivity index (χ0v) is 9.64. The molecule has 3 heteroatoms. The number of aliphatic hydroxyl groups is 1. The van der Waals surface area contributed by atoms with Crippen LogP contribution in [0.15, 0.2) is 24.1 Å². The molecule has 0 aliphatic rings. The fraction of sp³-hybridized carbons (Fsp3) is 0.333. The van der Waals surface area contributed by atoms with Crippen LogP contribution in [0, 0.1) is 2.88 Å². The molecule has 0 saturated carbocycles. The number of allylic oxidation sites excluding steroid dienone is 1. The third kappa shape index (κ3) is 2.88. The van der Waals surface area contributed by atoms with Crippen molar-refractivity contribution in [1.29, 1.82) is 0 Å². The van der Waals surface area contributed by atoms with Gasteiger partial charge in [0.25, 0.3) is 0 Å². The molecule has 1 unspecified atom stereocenters. The van der Waals surface area contributed by atoms with Gasteiger partial charge in [-0.1, -0.05) is 6.08 Å². The van der Waals surface area contributed by atoms with E-state index in [1.54, 1.807) is 11.3 Å². The first kappa shape index (κ1) is 10.2. The highest BCUT2D eigenvalue weighted by Gasteiger charge is 2.07. The van der Waals surface area contributed by atoms with E-state index in [1.165, 1.54) is 2.88 Å². The Kier molecular flexibility index (Phi) is 4.25. The van der Waals surface area contributed by atoms with Gasteiger partial charge >= 0.3 is 0 Å². The minimum absolute atomic E-state index is 0.317. The highest BCUT2D eigenvalue weighted by molar-refractivity contribution is 14.1. The Labute approximate surface area is 90.3 Å². The lowest BCUT2D eigenvalue weighted by Crippen LogP contribution is -1.93. The maximum atomic E-state index is 9.62. The fourth-order valence-electron chi connectivity index (χ4n) is 0.941. The molecule has 0 fully saturated rings. The number of aliphatic hydroxyl groups excluding tert-OH is 1. The quantitative estimate of drug-likeness (QED) is 0.667. The number of hydrogen-bond donors (Lipinski definition) is 1. The number of halogens is 1. The van der Waals surface area contributed by atoms with Gasteiger partial charge in [-0.3, -0.25) is 0 Å². The maximum Gasteiger partial charge on any atom is 0.0801 e. The maximum absolute atomic E-state index is 9.62. The van der Waals surface area contributed by atoms with E-state index in [2.05, 4.69) is 29.2 Å². The van der Waals surface area contributed by atoms with Gasteiger partial charge in [0.15, 0.2) is 0 Å². The summed E-state index contributed by atoms with van der Waals surface area (Å²) < 4.78 is 1.22. The molecule has 1 nitrogen and oxygen atoms in total. The first-order valence-corrected chi connectivity index (χ1v) is 5.72. The molecule has 1 heterocycles. The topological polar surface area (TPSA) is 20.2 Å². The molecule has 0 spiro atoms. The predicted molar refractivity (Wildman–Crippen MR) is 61.4 cm³/mol. The molecule has 0 saturated heterocycles. The van der Waals surface area contributed by atoms with Crippen LogP contribution in [0.2, 0.25) is 0 Å². The van der Waals surface area contributed by atoms with Gasteiger partial charge in [0.1, 0.15) is 0 Å². The fourth-order valence-corrected chi connectivity index (χ4v) is 2.36. The van der Waals surface area contributed by atoms with Crippen LogP contribution >= 0.6 is 33.9 Å². The average molecular weight is 294 g/mol. The molecule has 12 heavy (non-hydrogen) atoms. The molecule has 0 amide bonds. The average Bonchev–Trinajstić information content (AvgIpc) is 2.47. The molecule has 1 aromatic heterocycles. The van der Waals surface area contributed by atoms with Crippen molar-refractivity contribution in [3.63, 3.8) is 0 Å². The van der Waals surface area contributed by atoms with E-state index in [0.717, 1.165) is 18.4 Å². The Balaban J connectivity index is 2.52. The predicted octanol–water partition coefficient (Wildman–Crippen LogP) is 3.35. The van der Waals surface area contributed by atoms with Gasteiger partial charge in [0, 0.05) is 0 Å². The van der Waals surface area contributed by atoms with Crippen LogP contribution < -0.4 is 0 Å². The number of hydrogen-bond acceptors (Lipinski definition) is 2. The Hall–Kier alpha value is 0.130. The van der Waals surface area contributed by atoms with Gasteiger partial charge in [0.05, 0.1) is 8.99 Å². The summed E-state index contributed by atoms with van der Waals surface area (Å²) >= 11 is 3.93. The largest absolute Gasteiger partial charge is 0.388 e. The lowest BCUT2D eigenvalue weighted by atomic mass is 10.1. The van der Waals surface area contributed by atoms with E-state index in [4.69, 9.17) is 0 Å². The van der Waals surface area contributed by atoms with Crippen molar-refractivity contribution in [3.8, 4) is 0 Å². The molecule has 0 aromatic carbocycles. The minimum atomic E-state index is -0.317. The molecule has 1 N–H and O–H groups in total. The molecular weight excluding hydrogens is 283 g/mol. The van der Waals surface area contributed by atoms with E-state index in [9.17, 15) is 5.11 Å². The Morgan fingerprint density at radius 2 is 2.50 bits per heavy atom. The zero-order chi connectivity index (χ0) is 8.97. The minimum Gasteiger partial charge on any atom is -0.388 e. The molecule has 0 radical (unpaired) electrons. The second kappa shape index (κ2) is 4.99. The van der Waals surface area contributed by atoms with E-state index in [1.807, 2.05) is 17.5 Å². The van der Waals surface area contributed by atoms with Gasteiger partial charge in [-0.15, -0.1) is 17.9 Å². The van der Waals surface area contributed by atoms with E-state index < -0.39 is 0 Å². The molecular formula is C9H11IOS. The van der Waals surface area contributed by atoms with Crippen molar-refractivity contribution in [1.82, 2.24) is 0 Å². The second-order valence-electron chi connectivity index (χ2n) is 2.57. The second-order valence-corrected chi connectivity index (χ2v) is 5.37. The summed E-state index contributed by atoms with van der Waals surface area (Å²) in [5, 5.41) is 11.6. The van der Waals surface area contributed by atoms with E-state index in [-0.39, 0.29) is 6.10 Å². The smallest absolute Gasteiger partial charge is 0.0801 e. The van der Waals surface area contributed by atoms with Gasteiger partial charge in [-0.2, -0.15) is 0 Å². The Morgan fingerprint density at radius 1 is 1.75 bits per heavy atom. The van der Waals surface area contributed by atoms with Crippen molar-refractivity contribution in [2.45, 2.75) is 18.9 Å². The molecule has 0 aliphatic carbocycles. The van der Waals surface area contributed by atoms with Crippen LogP contribution in [0.3, 0.4) is 0 Å². The summed E-state index contributed by atoms with van der Waals surface area (Å²) in [5.74, 6) is 0. The van der Waals surface area contributed by atoms with Crippen LogP contribution in [0.1, 0.15) is 24.5 Å². The van der Waals surface area contributed by atoms with Crippen molar-refractivity contribution in [3.05, 3.63) is 32.5 Å². The van der Waals surface area contributed by atoms with Gasteiger partial charge < -0.3 is 5.11 Å². The third-order valence-electron chi connectivity index (χ3n) is 1.62. The monoisotopic (exact) mass is 294 g/mol. The normalized spacial score (nSPS) is 12.8. The van der Waals surface area contributed by atoms with Crippen LogP contribution in [0.5, 0.6) is 0 Å². The van der Waals surface area contributed by atoms with Gasteiger partial charge in [0.2, 0.25) is 0 Å². The van der Waals surface area contributed by atoms with E-state index >= 15 is 0 Å². The molecule has 1 aromatic rings. The molecule has 1 atom stereocenters. The van der Waals surface area contributed by atoms with Crippen LogP contribution in [-0.2, 0) is 0 Å². The molecule has 1 rings (SSSR count). The van der Waals surface area contributed by atoms with Crippen LogP contribution in [0.4, 0.5) is 0 Å². The van der Waals surface area contributed by atoms with Gasteiger partial charge in [-0.25, -0.2) is 0 Å². The highest BCUT2D eigenvalue weighted by Crippen LogP contribution is 2.24. The van der Waals surface area contributed by atoms with Crippen molar-refractivity contribution < 1.29 is 5.11 Å². The Bertz CT molecular complexity index is 257. The SMILES string of the molecule is C=CCCC(O)c1csc(I)c1.